The Balaban J connectivity index is 1.41. The van der Waals surface area contributed by atoms with Crippen LogP contribution in [0.3, 0.4) is 0 Å². The van der Waals surface area contributed by atoms with E-state index in [1.165, 1.54) is 68.0 Å². The third kappa shape index (κ3) is 5.94. The lowest BCUT2D eigenvalue weighted by molar-refractivity contribution is -0.902. The molecular weight excluding hydrogens is 361 g/mol. The number of aromatic nitrogens is 2. The molecule has 134 valence electrons. The number of nitrogens with zero attached hydrogens (tertiary/aromatic N) is 2. The quantitative estimate of drug-likeness (QED) is 0.530. The maximum atomic E-state index is 12.8. The number of hydrogen-bond donors (Lipinski definition) is 3. The summed E-state index contributed by atoms with van der Waals surface area (Å²) >= 11 is 3.04. The Morgan fingerprint density at radius 3 is 2.68 bits per heavy atom. The van der Waals surface area contributed by atoms with Crippen LogP contribution in [0.1, 0.15) is 19.3 Å². The number of halogens is 1. The summed E-state index contributed by atoms with van der Waals surface area (Å²) in [6.45, 7) is 3.68. The van der Waals surface area contributed by atoms with Gasteiger partial charge >= 0.3 is 6.03 Å². The number of carbonyl (C=O) groups excluding carboxylic acids is 1. The second kappa shape index (κ2) is 9.12. The van der Waals surface area contributed by atoms with Crippen molar-refractivity contribution in [3.63, 3.8) is 0 Å². The van der Waals surface area contributed by atoms with E-state index in [4.69, 9.17) is 0 Å². The molecule has 9 heteroatoms. The van der Waals surface area contributed by atoms with Crippen LogP contribution in [-0.4, -0.2) is 41.6 Å². The molecule has 2 aromatic rings. The molecule has 2 amide bonds. The third-order valence-electron chi connectivity index (χ3n) is 3.97. The van der Waals surface area contributed by atoms with Gasteiger partial charge in [-0.1, -0.05) is 23.1 Å². The summed E-state index contributed by atoms with van der Waals surface area (Å²) in [5.74, 6) is 0.661. The zero-order valence-electron chi connectivity index (χ0n) is 13.8. The number of piperidine rings is 1. The first-order chi connectivity index (χ1) is 12.2. The van der Waals surface area contributed by atoms with Gasteiger partial charge in [-0.15, -0.1) is 10.2 Å². The first-order valence-electron chi connectivity index (χ1n) is 8.32. The number of anilines is 2. The summed E-state index contributed by atoms with van der Waals surface area (Å²) in [5.41, 5.74) is 0.516. The van der Waals surface area contributed by atoms with Gasteiger partial charge in [0.05, 0.1) is 19.6 Å². The summed E-state index contributed by atoms with van der Waals surface area (Å²) < 4.78 is 13.7. The molecular formula is C16H21FN5OS2+. The molecule has 0 bridgehead atoms. The van der Waals surface area contributed by atoms with Crippen LogP contribution in [0.4, 0.5) is 20.0 Å². The SMILES string of the molecule is O=C(Nc1ccc(F)cc1)Nc1nnc(SCC[NH+]2CCCCC2)s1. The van der Waals surface area contributed by atoms with E-state index in [1.807, 2.05) is 0 Å². The molecule has 1 fully saturated rings. The molecule has 1 aromatic carbocycles. The fraction of sp³-hybridized carbons (Fsp3) is 0.438. The van der Waals surface area contributed by atoms with Crippen molar-refractivity contribution in [2.24, 2.45) is 0 Å². The first kappa shape index (κ1) is 18.1. The minimum Gasteiger partial charge on any atom is -0.334 e. The summed E-state index contributed by atoms with van der Waals surface area (Å²) in [5, 5.41) is 13.8. The second-order valence-corrected chi connectivity index (χ2v) is 8.19. The van der Waals surface area contributed by atoms with Crippen molar-refractivity contribution in [3.8, 4) is 0 Å². The van der Waals surface area contributed by atoms with Gasteiger partial charge in [0.15, 0.2) is 4.34 Å². The minimum atomic E-state index is -0.419. The van der Waals surface area contributed by atoms with E-state index in [2.05, 4.69) is 20.8 Å². The summed E-state index contributed by atoms with van der Waals surface area (Å²) in [4.78, 5) is 13.6. The largest absolute Gasteiger partial charge is 0.334 e. The molecule has 0 unspecified atom stereocenters. The smallest absolute Gasteiger partial charge is 0.325 e. The highest BCUT2D eigenvalue weighted by Crippen LogP contribution is 2.25. The molecule has 1 aliphatic rings. The number of benzene rings is 1. The molecule has 0 saturated carbocycles. The lowest BCUT2D eigenvalue weighted by Crippen LogP contribution is -3.13. The van der Waals surface area contributed by atoms with Crippen LogP contribution < -0.4 is 15.5 Å². The zero-order valence-corrected chi connectivity index (χ0v) is 15.4. The number of hydrogen-bond acceptors (Lipinski definition) is 5. The van der Waals surface area contributed by atoms with Crippen LogP contribution in [0.25, 0.3) is 0 Å². The average Bonchev–Trinajstić information content (AvgIpc) is 3.05. The Labute approximate surface area is 154 Å². The lowest BCUT2D eigenvalue weighted by Gasteiger charge is -2.22. The molecule has 0 atom stereocenters. The highest BCUT2D eigenvalue weighted by Gasteiger charge is 2.14. The number of nitrogens with one attached hydrogen (secondary N) is 3. The van der Waals surface area contributed by atoms with Crippen molar-refractivity contribution in [1.82, 2.24) is 10.2 Å². The van der Waals surface area contributed by atoms with Crippen LogP contribution >= 0.6 is 23.1 Å². The molecule has 1 saturated heterocycles. The van der Waals surface area contributed by atoms with Gasteiger partial charge in [0.2, 0.25) is 5.13 Å². The molecule has 3 rings (SSSR count). The van der Waals surface area contributed by atoms with E-state index >= 15 is 0 Å². The molecule has 25 heavy (non-hydrogen) atoms. The fourth-order valence-electron chi connectivity index (χ4n) is 2.70. The molecule has 0 radical (unpaired) electrons. The van der Waals surface area contributed by atoms with Gasteiger partial charge in [-0.25, -0.2) is 9.18 Å². The first-order valence-corrected chi connectivity index (χ1v) is 10.1. The number of amides is 2. The number of thioether (sulfide) groups is 1. The molecule has 6 nitrogen and oxygen atoms in total. The third-order valence-corrected chi connectivity index (χ3v) is 5.94. The topological polar surface area (TPSA) is 71.3 Å². The Morgan fingerprint density at radius 1 is 1.16 bits per heavy atom. The molecule has 1 aromatic heterocycles. The van der Waals surface area contributed by atoms with Crippen molar-refractivity contribution >= 4 is 39.9 Å². The maximum absolute atomic E-state index is 12.8. The predicted octanol–water partition coefficient (Wildman–Crippen LogP) is 2.48. The van der Waals surface area contributed by atoms with Crippen LogP contribution in [-0.2, 0) is 0 Å². The van der Waals surface area contributed by atoms with Crippen LogP contribution in [0.2, 0.25) is 0 Å². The molecule has 0 aliphatic carbocycles. The highest BCUT2D eigenvalue weighted by atomic mass is 32.2. The van der Waals surface area contributed by atoms with E-state index in [9.17, 15) is 9.18 Å². The number of likely N-dealkylation sites (tertiary alicyclic amines) is 1. The van der Waals surface area contributed by atoms with E-state index in [1.54, 1.807) is 16.7 Å². The Kier molecular flexibility index (Phi) is 6.60. The number of quaternary nitrogens is 1. The lowest BCUT2D eigenvalue weighted by atomic mass is 10.1. The number of rotatable bonds is 6. The number of carbonyl (C=O) groups is 1. The zero-order chi connectivity index (χ0) is 17.5. The fourth-order valence-corrected chi connectivity index (χ4v) is 4.55. The van der Waals surface area contributed by atoms with E-state index in [0.29, 0.717) is 10.8 Å². The summed E-state index contributed by atoms with van der Waals surface area (Å²) in [7, 11) is 0. The predicted molar refractivity (Wildman–Crippen MR) is 99.1 cm³/mol. The number of urea groups is 1. The average molecular weight is 383 g/mol. The summed E-state index contributed by atoms with van der Waals surface area (Å²) in [6.07, 6.45) is 4.02. The van der Waals surface area contributed by atoms with Crippen molar-refractivity contribution in [2.75, 3.05) is 36.0 Å². The normalized spacial score (nSPS) is 15.1. The highest BCUT2D eigenvalue weighted by molar-refractivity contribution is 8.01. The molecule has 0 spiro atoms. The Hall–Kier alpha value is -1.71. The van der Waals surface area contributed by atoms with Gasteiger partial charge in [0, 0.05) is 11.4 Å². The van der Waals surface area contributed by atoms with Gasteiger partial charge in [-0.05, 0) is 43.5 Å². The van der Waals surface area contributed by atoms with E-state index in [0.717, 1.165) is 16.6 Å². The standard InChI is InChI=1S/C16H20FN5OS2/c17-12-4-6-13(7-5-12)18-14(23)19-15-20-21-16(25-15)24-11-10-22-8-2-1-3-9-22/h4-7H,1-3,8-11H2,(H2,18,19,20,23)/p+1. The van der Waals surface area contributed by atoms with Gasteiger partial charge in [-0.3, -0.25) is 5.32 Å². The van der Waals surface area contributed by atoms with Crippen LogP contribution in [0.5, 0.6) is 0 Å². The van der Waals surface area contributed by atoms with Gasteiger partial charge < -0.3 is 10.2 Å². The van der Waals surface area contributed by atoms with E-state index < -0.39 is 6.03 Å². The minimum absolute atomic E-state index is 0.344. The second-order valence-electron chi connectivity index (χ2n) is 5.87. The molecule has 2 heterocycles. The van der Waals surface area contributed by atoms with Crippen molar-refractivity contribution in [2.45, 2.75) is 23.6 Å². The van der Waals surface area contributed by atoms with E-state index in [-0.39, 0.29) is 5.82 Å². The summed E-state index contributed by atoms with van der Waals surface area (Å²) in [6, 6.07) is 5.16. The Morgan fingerprint density at radius 2 is 1.92 bits per heavy atom. The monoisotopic (exact) mass is 382 g/mol. The molecule has 3 N–H and O–H groups in total. The molecule has 1 aliphatic heterocycles. The van der Waals surface area contributed by atoms with Gasteiger partial charge in [0.25, 0.3) is 0 Å². The van der Waals surface area contributed by atoms with Gasteiger partial charge in [0.1, 0.15) is 5.82 Å². The Bertz CT molecular complexity index is 688. The van der Waals surface area contributed by atoms with Crippen LogP contribution in [0, 0.1) is 5.82 Å². The van der Waals surface area contributed by atoms with Crippen molar-refractivity contribution < 1.29 is 14.1 Å². The maximum Gasteiger partial charge on any atom is 0.325 e. The van der Waals surface area contributed by atoms with Crippen LogP contribution in [0.15, 0.2) is 28.6 Å². The van der Waals surface area contributed by atoms with Crippen molar-refractivity contribution in [3.05, 3.63) is 30.1 Å². The van der Waals surface area contributed by atoms with Gasteiger partial charge in [-0.2, -0.15) is 0 Å². The van der Waals surface area contributed by atoms with Crippen molar-refractivity contribution in [1.29, 1.82) is 0 Å².